The van der Waals surface area contributed by atoms with E-state index in [0.29, 0.717) is 0 Å². The van der Waals surface area contributed by atoms with Gasteiger partial charge in [-0.05, 0) is 110 Å². The first-order valence-corrected chi connectivity index (χ1v) is 21.7. The highest BCUT2D eigenvalue weighted by atomic mass is 16.3. The fourth-order valence-corrected chi connectivity index (χ4v) is 10.2. The number of hydrogen-bond acceptors (Lipinski definition) is 2. The van der Waals surface area contributed by atoms with Crippen molar-refractivity contribution in [2.45, 2.75) is 5.41 Å². The van der Waals surface area contributed by atoms with Gasteiger partial charge >= 0.3 is 0 Å². The molecule has 0 unspecified atom stereocenters. The van der Waals surface area contributed by atoms with Crippen LogP contribution in [-0.4, -0.2) is 0 Å². The average molecular weight is 804 g/mol. The van der Waals surface area contributed by atoms with E-state index in [0.717, 1.165) is 61.3 Å². The van der Waals surface area contributed by atoms with Gasteiger partial charge in [0.25, 0.3) is 0 Å². The van der Waals surface area contributed by atoms with Crippen LogP contribution >= 0.6 is 0 Å². The Bertz CT molecular complexity index is 3380. The highest BCUT2D eigenvalue weighted by Gasteiger charge is 2.46. The van der Waals surface area contributed by atoms with E-state index < -0.39 is 5.41 Å². The summed E-state index contributed by atoms with van der Waals surface area (Å²) in [5, 5.41) is 2.14. The summed E-state index contributed by atoms with van der Waals surface area (Å²) in [5.41, 5.74) is 18.7. The van der Waals surface area contributed by atoms with E-state index in [1.54, 1.807) is 0 Å². The van der Waals surface area contributed by atoms with Crippen molar-refractivity contribution in [2.24, 2.45) is 0 Å². The number of fused-ring (bicyclic) bond motifs is 6. The van der Waals surface area contributed by atoms with Crippen LogP contribution in [0.15, 0.2) is 253 Å². The minimum atomic E-state index is -0.545. The molecule has 1 aliphatic carbocycles. The van der Waals surface area contributed by atoms with Crippen molar-refractivity contribution < 1.29 is 4.42 Å². The van der Waals surface area contributed by atoms with E-state index in [-0.39, 0.29) is 0 Å². The molecule has 0 amide bonds. The summed E-state index contributed by atoms with van der Waals surface area (Å²) >= 11 is 0. The van der Waals surface area contributed by atoms with Gasteiger partial charge in [-0.1, -0.05) is 200 Å². The summed E-state index contributed by atoms with van der Waals surface area (Å²) in [5.74, 6) is 0. The fraction of sp³-hybridized carbons (Fsp3) is 0.0164. The Kier molecular flexibility index (Phi) is 8.76. The van der Waals surface area contributed by atoms with Crippen LogP contribution in [0.4, 0.5) is 17.1 Å². The largest absolute Gasteiger partial charge is 0.455 e. The van der Waals surface area contributed by atoms with Crippen molar-refractivity contribution in [1.29, 1.82) is 0 Å². The Labute approximate surface area is 367 Å². The van der Waals surface area contributed by atoms with Crippen LogP contribution in [0.25, 0.3) is 66.4 Å². The third-order valence-corrected chi connectivity index (χ3v) is 12.9. The van der Waals surface area contributed by atoms with Gasteiger partial charge in [-0.3, -0.25) is 0 Å². The van der Waals surface area contributed by atoms with E-state index in [4.69, 9.17) is 4.42 Å². The molecule has 0 saturated carbocycles. The molecule has 10 aromatic carbocycles. The Hall–Kier alpha value is -8.20. The third-order valence-electron chi connectivity index (χ3n) is 12.9. The number of nitrogens with zero attached hydrogens (tertiary/aromatic N) is 1. The Morgan fingerprint density at radius 3 is 1.51 bits per heavy atom. The molecule has 0 fully saturated rings. The molecule has 2 heteroatoms. The predicted octanol–water partition coefficient (Wildman–Crippen LogP) is 16.4. The van der Waals surface area contributed by atoms with E-state index in [1.165, 1.54) is 44.5 Å². The standard InChI is InChI=1S/C61H41NO/c1-5-19-42(20-6-1)44-35-37-49(38-36-44)62(50-28-17-27-48(41-50)61(47-25-11-4-12-26-47)55-31-15-13-29-51(55)52-30-14-16-32-56(52)61)57-33-18-34-58-59(57)54-40-46(43-21-7-2-8-22-43)39-53(60(54)63-58)45-23-9-3-10-24-45/h1-41H. The van der Waals surface area contributed by atoms with Gasteiger partial charge in [0.15, 0.2) is 0 Å². The normalized spacial score (nSPS) is 12.6. The topological polar surface area (TPSA) is 16.4 Å². The lowest BCUT2D eigenvalue weighted by molar-refractivity contribution is 0.670. The van der Waals surface area contributed by atoms with Gasteiger partial charge in [0.05, 0.1) is 16.5 Å². The lowest BCUT2D eigenvalue weighted by Crippen LogP contribution is -2.28. The molecule has 63 heavy (non-hydrogen) atoms. The lowest BCUT2D eigenvalue weighted by Gasteiger charge is -2.35. The summed E-state index contributed by atoms with van der Waals surface area (Å²) in [6.07, 6.45) is 0. The number of anilines is 3. The molecule has 1 aromatic heterocycles. The van der Waals surface area contributed by atoms with Crippen molar-refractivity contribution in [3.63, 3.8) is 0 Å². The zero-order chi connectivity index (χ0) is 41.7. The van der Waals surface area contributed by atoms with Gasteiger partial charge in [-0.2, -0.15) is 0 Å². The first-order valence-electron chi connectivity index (χ1n) is 21.7. The molecular weight excluding hydrogens is 763 g/mol. The first kappa shape index (κ1) is 36.6. The highest BCUT2D eigenvalue weighted by molar-refractivity contribution is 6.17. The monoisotopic (exact) mass is 803 g/mol. The molecule has 11 aromatic rings. The van der Waals surface area contributed by atoms with Crippen molar-refractivity contribution in [3.05, 3.63) is 271 Å². The summed E-state index contributed by atoms with van der Waals surface area (Å²) in [7, 11) is 0. The van der Waals surface area contributed by atoms with Crippen molar-refractivity contribution in [1.82, 2.24) is 0 Å². The SMILES string of the molecule is c1ccc(-c2ccc(N(c3cccc(C4(c5ccccc5)c5ccccc5-c5ccccc54)c3)c3cccc4oc5c(-c6ccccc6)cc(-c6ccccc6)cc5c34)cc2)cc1. The Balaban J connectivity index is 1.14. The maximum Gasteiger partial charge on any atom is 0.143 e. The van der Waals surface area contributed by atoms with Crippen LogP contribution in [-0.2, 0) is 5.41 Å². The molecule has 0 aliphatic heterocycles. The molecule has 0 bridgehead atoms. The second-order valence-electron chi connectivity index (χ2n) is 16.4. The number of rotatable bonds is 8. The van der Waals surface area contributed by atoms with E-state index >= 15 is 0 Å². The van der Waals surface area contributed by atoms with Crippen LogP contribution in [0.3, 0.4) is 0 Å². The molecule has 0 saturated heterocycles. The maximum absolute atomic E-state index is 7.00. The summed E-state index contributed by atoms with van der Waals surface area (Å²) in [6.45, 7) is 0. The van der Waals surface area contributed by atoms with Gasteiger partial charge in [-0.15, -0.1) is 0 Å². The van der Waals surface area contributed by atoms with Crippen LogP contribution in [0.1, 0.15) is 22.3 Å². The van der Waals surface area contributed by atoms with Gasteiger partial charge in [0, 0.05) is 22.3 Å². The second kappa shape index (κ2) is 15.1. The highest BCUT2D eigenvalue weighted by Crippen LogP contribution is 2.57. The fourth-order valence-electron chi connectivity index (χ4n) is 10.2. The first-order chi connectivity index (χ1) is 31.3. The minimum Gasteiger partial charge on any atom is -0.455 e. The summed E-state index contributed by atoms with van der Waals surface area (Å²) < 4.78 is 7.00. The molecule has 12 rings (SSSR count). The third kappa shape index (κ3) is 5.95. The molecule has 2 nitrogen and oxygen atoms in total. The molecule has 0 spiro atoms. The van der Waals surface area contributed by atoms with E-state index in [2.05, 4.69) is 254 Å². The molecule has 1 aliphatic rings. The maximum atomic E-state index is 7.00. The molecule has 1 heterocycles. The minimum absolute atomic E-state index is 0.545. The number of benzene rings is 10. The number of hydrogen-bond donors (Lipinski definition) is 0. The quantitative estimate of drug-likeness (QED) is 0.152. The smallest absolute Gasteiger partial charge is 0.143 e. The van der Waals surface area contributed by atoms with Crippen LogP contribution < -0.4 is 4.90 Å². The van der Waals surface area contributed by atoms with Gasteiger partial charge in [0.2, 0.25) is 0 Å². The Morgan fingerprint density at radius 1 is 0.333 bits per heavy atom. The van der Waals surface area contributed by atoms with Gasteiger partial charge < -0.3 is 9.32 Å². The van der Waals surface area contributed by atoms with E-state index in [1.807, 2.05) is 0 Å². The van der Waals surface area contributed by atoms with Crippen LogP contribution in [0.2, 0.25) is 0 Å². The zero-order valence-electron chi connectivity index (χ0n) is 34.5. The van der Waals surface area contributed by atoms with Crippen molar-refractivity contribution in [3.8, 4) is 44.5 Å². The molecular formula is C61H41NO. The van der Waals surface area contributed by atoms with Gasteiger partial charge in [-0.25, -0.2) is 0 Å². The zero-order valence-corrected chi connectivity index (χ0v) is 34.5. The summed E-state index contributed by atoms with van der Waals surface area (Å²) in [4.78, 5) is 2.43. The molecule has 296 valence electrons. The molecule has 0 radical (unpaired) electrons. The van der Waals surface area contributed by atoms with Crippen LogP contribution in [0, 0.1) is 0 Å². The predicted molar refractivity (Wildman–Crippen MR) is 262 cm³/mol. The van der Waals surface area contributed by atoms with Crippen LogP contribution in [0.5, 0.6) is 0 Å². The van der Waals surface area contributed by atoms with E-state index in [9.17, 15) is 0 Å². The summed E-state index contributed by atoms with van der Waals surface area (Å²) in [6, 6.07) is 90.1. The molecule has 0 N–H and O–H groups in total. The van der Waals surface area contributed by atoms with Crippen molar-refractivity contribution in [2.75, 3.05) is 4.90 Å². The number of furan rings is 1. The van der Waals surface area contributed by atoms with Gasteiger partial charge in [0.1, 0.15) is 11.2 Å². The lowest BCUT2D eigenvalue weighted by atomic mass is 9.67. The molecule has 0 atom stereocenters. The van der Waals surface area contributed by atoms with Crippen molar-refractivity contribution >= 4 is 39.0 Å². The average Bonchev–Trinajstić information content (AvgIpc) is 3.90. The second-order valence-corrected chi connectivity index (χ2v) is 16.4. The Morgan fingerprint density at radius 2 is 0.857 bits per heavy atom.